The maximum absolute atomic E-state index is 12.7. The van der Waals surface area contributed by atoms with Crippen LogP contribution >= 0.6 is 0 Å². The van der Waals surface area contributed by atoms with Crippen LogP contribution in [0.5, 0.6) is 0 Å². The van der Waals surface area contributed by atoms with E-state index in [1.807, 2.05) is 0 Å². The Kier molecular flexibility index (Phi) is 7.48. The predicted molar refractivity (Wildman–Crippen MR) is 112 cm³/mol. The minimum Gasteiger partial charge on any atom is -0.326 e. The Labute approximate surface area is 168 Å². The molecule has 0 unspecified atom stereocenters. The van der Waals surface area contributed by atoms with Crippen LogP contribution in [0, 0.1) is 5.92 Å². The number of hydrogen-bond donors (Lipinski definition) is 2. The molecule has 28 heavy (non-hydrogen) atoms. The number of aliphatic imine (C=N–C) groups is 1. The van der Waals surface area contributed by atoms with Crippen molar-refractivity contribution in [3.8, 4) is 0 Å². The molecule has 3 rings (SSSR count). The van der Waals surface area contributed by atoms with Crippen molar-refractivity contribution in [2.24, 2.45) is 10.9 Å². The number of carbonyl (C=O) groups excluding carboxylic acids is 1. The summed E-state index contributed by atoms with van der Waals surface area (Å²) in [6, 6.07) is 6.43. The van der Waals surface area contributed by atoms with Gasteiger partial charge in [-0.15, -0.1) is 0 Å². The third-order valence-corrected chi connectivity index (χ3v) is 6.94. The van der Waals surface area contributed by atoms with Crippen LogP contribution in [0.25, 0.3) is 0 Å². The van der Waals surface area contributed by atoms with Gasteiger partial charge in [-0.05, 0) is 43.4 Å². The molecule has 7 heteroatoms. The maximum atomic E-state index is 12.7. The summed E-state index contributed by atoms with van der Waals surface area (Å²) >= 11 is 0. The zero-order valence-electron chi connectivity index (χ0n) is 16.5. The highest BCUT2D eigenvalue weighted by Gasteiger charge is 2.19. The van der Waals surface area contributed by atoms with Crippen LogP contribution in [-0.2, 0) is 14.8 Å². The van der Waals surface area contributed by atoms with E-state index in [9.17, 15) is 13.2 Å². The fourth-order valence-electron chi connectivity index (χ4n) is 3.95. The Hall–Kier alpha value is -1.89. The molecule has 0 saturated heterocycles. The van der Waals surface area contributed by atoms with Gasteiger partial charge in [0.05, 0.1) is 4.90 Å². The minimum atomic E-state index is -3.70. The Morgan fingerprint density at radius 3 is 2.68 bits per heavy atom. The third-order valence-electron chi connectivity index (χ3n) is 5.56. The Morgan fingerprint density at radius 1 is 1.07 bits per heavy atom. The van der Waals surface area contributed by atoms with Crippen molar-refractivity contribution in [2.45, 2.75) is 75.5 Å². The summed E-state index contributed by atoms with van der Waals surface area (Å²) in [5, 5.41) is 2.85. The SMILES string of the molecule is O=C(CCC1CCCCC1)Nc1cccc(S(=O)(=O)NC2=NCCCCC2)c1. The van der Waals surface area contributed by atoms with E-state index < -0.39 is 10.0 Å². The molecule has 154 valence electrons. The zero-order chi connectivity index (χ0) is 19.8. The smallest absolute Gasteiger partial charge is 0.262 e. The van der Waals surface area contributed by atoms with Gasteiger partial charge in [0.1, 0.15) is 5.84 Å². The second-order valence-corrected chi connectivity index (χ2v) is 9.55. The second kappa shape index (κ2) is 10.0. The Bertz CT molecular complexity index is 799. The van der Waals surface area contributed by atoms with Crippen LogP contribution in [0.4, 0.5) is 5.69 Å². The highest BCUT2D eigenvalue weighted by atomic mass is 32.2. The van der Waals surface area contributed by atoms with E-state index in [2.05, 4.69) is 15.0 Å². The Morgan fingerprint density at radius 2 is 1.86 bits per heavy atom. The number of benzene rings is 1. The molecule has 1 heterocycles. The van der Waals surface area contributed by atoms with Gasteiger partial charge >= 0.3 is 0 Å². The molecule has 1 aromatic carbocycles. The maximum Gasteiger partial charge on any atom is 0.262 e. The Balaban J connectivity index is 1.57. The largest absolute Gasteiger partial charge is 0.326 e. The standard InChI is InChI=1S/C21H31N3O3S/c25-21(14-13-17-8-3-1-4-9-17)23-18-10-7-11-19(16-18)28(26,27)24-20-12-5-2-6-15-22-20/h7,10-11,16-17H,1-6,8-9,12-15H2,(H,22,24)(H,23,25). The van der Waals surface area contributed by atoms with Crippen LogP contribution in [0.2, 0.25) is 0 Å². The van der Waals surface area contributed by atoms with Gasteiger partial charge in [0.25, 0.3) is 10.0 Å². The van der Waals surface area contributed by atoms with Crippen LogP contribution in [0.3, 0.4) is 0 Å². The van der Waals surface area contributed by atoms with Crippen LogP contribution in [0.15, 0.2) is 34.2 Å². The van der Waals surface area contributed by atoms with Crippen molar-refractivity contribution in [1.82, 2.24) is 4.72 Å². The van der Waals surface area contributed by atoms with Gasteiger partial charge in [-0.2, -0.15) is 0 Å². The fraction of sp³-hybridized carbons (Fsp3) is 0.619. The molecule has 2 N–H and O–H groups in total. The molecule has 1 saturated carbocycles. The summed E-state index contributed by atoms with van der Waals surface area (Å²) < 4.78 is 28.0. The summed E-state index contributed by atoms with van der Waals surface area (Å²) in [7, 11) is -3.70. The van der Waals surface area contributed by atoms with Crippen molar-refractivity contribution in [2.75, 3.05) is 11.9 Å². The lowest BCUT2D eigenvalue weighted by atomic mass is 9.86. The number of anilines is 1. The second-order valence-electron chi connectivity index (χ2n) is 7.86. The first-order chi connectivity index (χ1) is 13.5. The summed E-state index contributed by atoms with van der Waals surface area (Å²) in [6.45, 7) is 0.662. The molecule has 1 fully saturated rings. The minimum absolute atomic E-state index is 0.0544. The predicted octanol–water partition coefficient (Wildman–Crippen LogP) is 4.24. The molecule has 0 radical (unpaired) electrons. The third kappa shape index (κ3) is 6.33. The average molecular weight is 406 g/mol. The molecule has 1 amide bonds. The molecule has 6 nitrogen and oxygen atoms in total. The molecule has 0 atom stereocenters. The van der Waals surface area contributed by atoms with Gasteiger partial charge in [-0.25, -0.2) is 8.42 Å². The first-order valence-corrected chi connectivity index (χ1v) is 12.0. The highest BCUT2D eigenvalue weighted by Crippen LogP contribution is 2.27. The van der Waals surface area contributed by atoms with E-state index in [0.717, 1.165) is 25.7 Å². The molecule has 0 bridgehead atoms. The molecule has 0 aromatic heterocycles. The molecule has 1 aliphatic carbocycles. The lowest BCUT2D eigenvalue weighted by Crippen LogP contribution is -2.30. The van der Waals surface area contributed by atoms with Crippen molar-refractivity contribution in [3.05, 3.63) is 24.3 Å². The van der Waals surface area contributed by atoms with Gasteiger partial charge in [0.2, 0.25) is 5.91 Å². The number of carbonyl (C=O) groups is 1. The highest BCUT2D eigenvalue weighted by molar-refractivity contribution is 7.90. The summed E-state index contributed by atoms with van der Waals surface area (Å²) in [4.78, 5) is 16.7. The first-order valence-electron chi connectivity index (χ1n) is 10.5. The summed E-state index contributed by atoms with van der Waals surface area (Å²) in [5.41, 5.74) is 0.513. The van der Waals surface area contributed by atoms with E-state index in [1.165, 1.54) is 44.2 Å². The van der Waals surface area contributed by atoms with Crippen LogP contribution in [0.1, 0.15) is 70.6 Å². The van der Waals surface area contributed by atoms with Crippen molar-refractivity contribution < 1.29 is 13.2 Å². The number of sulfonamides is 1. The molecular formula is C21H31N3O3S. The van der Waals surface area contributed by atoms with Gasteiger partial charge in [-0.1, -0.05) is 44.6 Å². The molecule has 2 aliphatic rings. The number of nitrogens with zero attached hydrogens (tertiary/aromatic N) is 1. The number of hydrogen-bond acceptors (Lipinski definition) is 4. The van der Waals surface area contributed by atoms with Crippen molar-refractivity contribution in [3.63, 3.8) is 0 Å². The zero-order valence-corrected chi connectivity index (χ0v) is 17.3. The van der Waals surface area contributed by atoms with Crippen LogP contribution < -0.4 is 10.0 Å². The normalized spacial score (nSPS) is 18.8. The average Bonchev–Trinajstić information content (AvgIpc) is 2.96. The van der Waals surface area contributed by atoms with Gasteiger partial charge in [-0.3, -0.25) is 14.5 Å². The number of nitrogens with one attached hydrogen (secondary N) is 2. The summed E-state index contributed by atoms with van der Waals surface area (Å²) in [5.74, 6) is 1.12. The number of amidine groups is 1. The lowest BCUT2D eigenvalue weighted by molar-refractivity contribution is -0.116. The topological polar surface area (TPSA) is 87.6 Å². The van der Waals surface area contributed by atoms with Crippen molar-refractivity contribution in [1.29, 1.82) is 0 Å². The molecule has 1 aromatic rings. The number of amides is 1. The monoisotopic (exact) mass is 405 g/mol. The van der Waals surface area contributed by atoms with Gasteiger partial charge < -0.3 is 5.32 Å². The quantitative estimate of drug-likeness (QED) is 0.742. The van der Waals surface area contributed by atoms with E-state index >= 15 is 0 Å². The van der Waals surface area contributed by atoms with E-state index in [0.29, 0.717) is 36.8 Å². The molecule has 0 spiro atoms. The fourth-order valence-corrected chi connectivity index (χ4v) is 5.08. The van der Waals surface area contributed by atoms with E-state index in [-0.39, 0.29) is 10.8 Å². The van der Waals surface area contributed by atoms with E-state index in [4.69, 9.17) is 0 Å². The van der Waals surface area contributed by atoms with E-state index in [1.54, 1.807) is 12.1 Å². The molecular weight excluding hydrogens is 374 g/mol. The molecule has 1 aliphatic heterocycles. The van der Waals surface area contributed by atoms with Crippen molar-refractivity contribution >= 4 is 27.5 Å². The van der Waals surface area contributed by atoms with Gasteiger partial charge in [0, 0.05) is 25.1 Å². The summed E-state index contributed by atoms with van der Waals surface area (Å²) in [6.07, 6.45) is 11.3. The first kappa shape index (κ1) is 20.8. The van der Waals surface area contributed by atoms with Crippen LogP contribution in [-0.4, -0.2) is 26.7 Å². The van der Waals surface area contributed by atoms with Gasteiger partial charge in [0.15, 0.2) is 0 Å². The number of rotatable bonds is 6. The lowest BCUT2D eigenvalue weighted by Gasteiger charge is -2.21.